The van der Waals surface area contributed by atoms with Gasteiger partial charge in [-0.1, -0.05) is 0 Å². The Morgan fingerprint density at radius 3 is 2.67 bits per heavy atom. The maximum absolute atomic E-state index is 14.2. The van der Waals surface area contributed by atoms with Crippen LogP contribution < -0.4 is 5.73 Å². The Morgan fingerprint density at radius 1 is 1.30 bits per heavy atom. The molecule has 164 valence electrons. The molecule has 5 atom stereocenters. The molecular weight excluding hydrogens is 431 g/mol. The van der Waals surface area contributed by atoms with Gasteiger partial charge in [-0.15, -0.1) is 0 Å². The van der Waals surface area contributed by atoms with Gasteiger partial charge in [-0.2, -0.15) is 18.2 Å². The minimum absolute atomic E-state index is 0.107. The van der Waals surface area contributed by atoms with Crippen LogP contribution in [0.4, 0.5) is 22.0 Å². The lowest BCUT2D eigenvalue weighted by Crippen LogP contribution is -2.58. The first-order valence-corrected chi connectivity index (χ1v) is 10.7. The van der Waals surface area contributed by atoms with Crippen molar-refractivity contribution in [2.45, 2.75) is 55.1 Å². The number of hydrogen-bond donors (Lipinski definition) is 2. The van der Waals surface area contributed by atoms with Crippen LogP contribution in [0.3, 0.4) is 0 Å². The summed E-state index contributed by atoms with van der Waals surface area (Å²) >= 11 is -1.34. The maximum atomic E-state index is 14.2. The number of ether oxygens (including phenoxy) is 1. The van der Waals surface area contributed by atoms with Crippen molar-refractivity contribution in [3.8, 4) is 0 Å². The molecule has 3 N–H and O–H groups in total. The van der Waals surface area contributed by atoms with E-state index in [1.807, 2.05) is 0 Å². The summed E-state index contributed by atoms with van der Waals surface area (Å²) in [6.45, 7) is 0.237. The molecule has 0 saturated carbocycles. The quantitative estimate of drug-likeness (QED) is 0.554. The monoisotopic (exact) mass is 450 g/mol. The Labute approximate surface area is 171 Å². The smallest absolute Gasteiger partial charge is 0.416 e. The predicted molar refractivity (Wildman–Crippen MR) is 96.6 cm³/mol. The zero-order valence-electron chi connectivity index (χ0n) is 15.7. The van der Waals surface area contributed by atoms with Gasteiger partial charge in [0.2, 0.25) is 0 Å². The van der Waals surface area contributed by atoms with Crippen LogP contribution in [0, 0.1) is 11.6 Å². The molecule has 12 heteroatoms. The summed E-state index contributed by atoms with van der Waals surface area (Å²) in [5.41, 5.74) is 6.84. The summed E-state index contributed by atoms with van der Waals surface area (Å²) in [6, 6.07) is 0.412. The number of hydrogen-bond acceptors (Lipinski definition) is 5. The van der Waals surface area contributed by atoms with Crippen LogP contribution in [0.5, 0.6) is 0 Å². The van der Waals surface area contributed by atoms with Crippen molar-refractivity contribution in [1.82, 2.24) is 14.9 Å². The Hall–Kier alpha value is -1.73. The second kappa shape index (κ2) is 7.75. The highest BCUT2D eigenvalue weighted by Crippen LogP contribution is 2.42. The van der Waals surface area contributed by atoms with Gasteiger partial charge in [0.1, 0.15) is 24.0 Å². The van der Waals surface area contributed by atoms with E-state index in [9.17, 15) is 26.5 Å². The van der Waals surface area contributed by atoms with E-state index in [1.165, 1.54) is 11.2 Å². The average Bonchev–Trinajstić information content (AvgIpc) is 3.22. The van der Waals surface area contributed by atoms with Gasteiger partial charge in [-0.05, 0) is 24.6 Å². The molecule has 2 aliphatic heterocycles. The summed E-state index contributed by atoms with van der Waals surface area (Å²) in [4.78, 5) is 8.60. The number of nitrogens with one attached hydrogen (secondary N) is 1. The normalized spacial score (nSPS) is 28.5. The molecule has 0 amide bonds. The van der Waals surface area contributed by atoms with Crippen LogP contribution in [-0.2, 0) is 29.0 Å². The van der Waals surface area contributed by atoms with Crippen molar-refractivity contribution in [3.05, 3.63) is 46.8 Å². The topological polar surface area (TPSA) is 90.2 Å². The molecule has 0 bridgehead atoms. The van der Waals surface area contributed by atoms with Crippen LogP contribution in [0.15, 0.2) is 23.4 Å². The lowest BCUT2D eigenvalue weighted by atomic mass is 9.89. The number of H-pyrrole nitrogens is 1. The number of halogens is 5. The minimum Gasteiger partial charge on any atom is -0.609 e. The Balaban J connectivity index is 1.59. The molecule has 0 radical (unpaired) electrons. The molecule has 0 aliphatic carbocycles. The molecule has 2 aliphatic rings. The number of imidazole rings is 1. The zero-order chi connectivity index (χ0) is 21.8. The molecule has 2 aromatic rings. The first-order chi connectivity index (χ1) is 14.0. The lowest BCUT2D eigenvalue weighted by Gasteiger charge is -2.44. The van der Waals surface area contributed by atoms with Crippen molar-refractivity contribution < 1.29 is 31.2 Å². The van der Waals surface area contributed by atoms with Crippen molar-refractivity contribution in [2.24, 2.45) is 5.73 Å². The van der Waals surface area contributed by atoms with Crippen LogP contribution in [-0.4, -0.2) is 50.0 Å². The van der Waals surface area contributed by atoms with Crippen LogP contribution >= 0.6 is 0 Å². The highest BCUT2D eigenvalue weighted by atomic mass is 32.2. The van der Waals surface area contributed by atoms with Gasteiger partial charge in [0.05, 0.1) is 11.4 Å². The zero-order valence-corrected chi connectivity index (χ0v) is 16.6. The maximum Gasteiger partial charge on any atom is 0.416 e. The van der Waals surface area contributed by atoms with Crippen molar-refractivity contribution in [1.29, 1.82) is 0 Å². The van der Waals surface area contributed by atoms with E-state index >= 15 is 0 Å². The number of benzene rings is 1. The number of alkyl halides is 3. The molecule has 4 rings (SSSR count). The highest BCUT2D eigenvalue weighted by Gasteiger charge is 2.54. The summed E-state index contributed by atoms with van der Waals surface area (Å²) in [5, 5.41) is 0.269. The van der Waals surface area contributed by atoms with Crippen molar-refractivity contribution >= 4 is 11.2 Å². The number of nitrogens with two attached hydrogens (primary N) is 1. The van der Waals surface area contributed by atoms with Crippen LogP contribution in [0.25, 0.3) is 0 Å². The standard InChI is InChI=1S/C18H19F5N4O2S/c1-30(28)17-25-12-6-27(7-13(12)26-17)14-5-11(24)15(29-16(14)18(21,22)23)9-4-8(19)2-3-10(9)20/h2-4,11,14-16H,5-7,24H2,1H3,(H,25,26)/t11-,14+,15+,16-,30?/m0/s1. The van der Waals surface area contributed by atoms with E-state index in [4.69, 9.17) is 10.5 Å². The molecular formula is C18H19F5N4O2S. The third kappa shape index (κ3) is 3.94. The Bertz CT molecular complexity index is 914. The molecule has 1 aromatic heterocycles. The highest BCUT2D eigenvalue weighted by molar-refractivity contribution is 7.90. The largest absolute Gasteiger partial charge is 0.609 e. The van der Waals surface area contributed by atoms with Gasteiger partial charge < -0.3 is 15.0 Å². The molecule has 1 fully saturated rings. The van der Waals surface area contributed by atoms with Gasteiger partial charge in [-0.25, -0.2) is 8.78 Å². The second-order valence-corrected chi connectivity index (χ2v) is 8.77. The van der Waals surface area contributed by atoms with E-state index < -0.39 is 53.3 Å². The summed E-state index contributed by atoms with van der Waals surface area (Å²) in [6.07, 6.45) is -7.11. The van der Waals surface area contributed by atoms with Crippen LogP contribution in [0.1, 0.15) is 29.5 Å². The Morgan fingerprint density at radius 2 is 2.03 bits per heavy atom. The fourth-order valence-electron chi connectivity index (χ4n) is 4.05. The number of nitrogens with zero attached hydrogens (tertiary/aromatic N) is 2. The predicted octanol–water partition coefficient (Wildman–Crippen LogP) is 2.53. The first kappa shape index (κ1) is 21.5. The van der Waals surface area contributed by atoms with Crippen LogP contribution in [0.2, 0.25) is 0 Å². The van der Waals surface area contributed by atoms with E-state index in [1.54, 1.807) is 0 Å². The van der Waals surface area contributed by atoms with E-state index in [0.717, 1.165) is 18.2 Å². The fourth-order valence-corrected chi connectivity index (χ4v) is 4.56. The lowest BCUT2D eigenvalue weighted by molar-refractivity contribution is -0.269. The summed E-state index contributed by atoms with van der Waals surface area (Å²) in [5.74, 6) is -1.67. The number of rotatable bonds is 3. The molecule has 1 aromatic carbocycles. The first-order valence-electron chi connectivity index (χ1n) is 9.12. The second-order valence-electron chi connectivity index (χ2n) is 7.48. The molecule has 3 heterocycles. The number of aromatic nitrogens is 2. The number of aromatic amines is 1. The van der Waals surface area contributed by atoms with Gasteiger partial charge in [0, 0.05) is 41.9 Å². The molecule has 1 saturated heterocycles. The van der Waals surface area contributed by atoms with E-state index in [-0.39, 0.29) is 30.2 Å². The fraction of sp³-hybridized carbons (Fsp3) is 0.500. The van der Waals surface area contributed by atoms with Gasteiger partial charge in [0.15, 0.2) is 6.10 Å². The third-order valence-corrected chi connectivity index (χ3v) is 6.17. The Kier molecular flexibility index (Phi) is 5.56. The average molecular weight is 450 g/mol. The van der Waals surface area contributed by atoms with Gasteiger partial charge in [-0.3, -0.25) is 9.88 Å². The minimum atomic E-state index is -4.74. The molecule has 6 nitrogen and oxygen atoms in total. The van der Waals surface area contributed by atoms with Crippen molar-refractivity contribution in [2.75, 3.05) is 6.26 Å². The summed E-state index contributed by atoms with van der Waals surface area (Å²) in [7, 11) is 0. The van der Waals surface area contributed by atoms with E-state index in [2.05, 4.69) is 9.97 Å². The van der Waals surface area contributed by atoms with E-state index in [0.29, 0.717) is 11.4 Å². The molecule has 0 spiro atoms. The number of fused-ring (bicyclic) bond motifs is 1. The van der Waals surface area contributed by atoms with Gasteiger partial charge in [0.25, 0.3) is 0 Å². The SMILES string of the molecule is C[S+]([O-])c1nc2c([nH]1)CN([C@@H]1C[C@H](N)[C@@H](c3cc(F)ccc3F)O[C@@H]1C(F)(F)F)C2. The summed E-state index contributed by atoms with van der Waals surface area (Å²) < 4.78 is 86.1. The van der Waals surface area contributed by atoms with Gasteiger partial charge >= 0.3 is 11.3 Å². The molecule has 30 heavy (non-hydrogen) atoms. The van der Waals surface area contributed by atoms with Crippen molar-refractivity contribution in [3.63, 3.8) is 0 Å². The molecule has 1 unspecified atom stereocenters. The third-order valence-electron chi connectivity index (χ3n) is 5.43.